The highest BCUT2D eigenvalue weighted by atomic mass is 16.6. The molecule has 0 heterocycles. The summed E-state index contributed by atoms with van der Waals surface area (Å²) in [6, 6.07) is 0. The first-order valence-electron chi connectivity index (χ1n) is 28.1. The Morgan fingerprint density at radius 2 is 0.667 bits per heavy atom. The second-order valence-electron chi connectivity index (χ2n) is 18.5. The van der Waals surface area contributed by atoms with Crippen molar-refractivity contribution in [3.63, 3.8) is 0 Å². The minimum Gasteiger partial charge on any atom is -0.462 e. The van der Waals surface area contributed by atoms with Crippen molar-refractivity contribution in [3.8, 4) is 0 Å². The number of rotatable bonds is 51. The maximum absolute atomic E-state index is 12.8. The van der Waals surface area contributed by atoms with Gasteiger partial charge in [-0.15, -0.1) is 0 Å². The smallest absolute Gasteiger partial charge is 0.306 e. The highest BCUT2D eigenvalue weighted by molar-refractivity contribution is 5.70. The quantitative estimate of drug-likeness (QED) is 0.0346. The lowest BCUT2D eigenvalue weighted by Crippen LogP contribution is -2.30. The summed E-state index contributed by atoms with van der Waals surface area (Å²) in [6.07, 6.45) is 74.6. The molecule has 66 heavy (non-hydrogen) atoms. The van der Waals surface area contributed by atoms with Crippen molar-refractivity contribution >= 4 is 11.9 Å². The van der Waals surface area contributed by atoms with Gasteiger partial charge in [0.2, 0.25) is 0 Å². The van der Waals surface area contributed by atoms with Crippen LogP contribution >= 0.6 is 0 Å². The molecule has 0 saturated heterocycles. The number of hydrogen-bond acceptors (Lipinski definition) is 5. The third-order valence-electron chi connectivity index (χ3n) is 11.9. The van der Waals surface area contributed by atoms with Gasteiger partial charge in [-0.2, -0.15) is 0 Å². The Kier molecular flexibility index (Phi) is 53.9. The van der Waals surface area contributed by atoms with Gasteiger partial charge in [-0.1, -0.05) is 247 Å². The van der Waals surface area contributed by atoms with Gasteiger partial charge < -0.3 is 14.2 Å². The maximum Gasteiger partial charge on any atom is 0.306 e. The summed E-state index contributed by atoms with van der Waals surface area (Å²) in [5.41, 5.74) is 0. The van der Waals surface area contributed by atoms with Crippen LogP contribution in [0.3, 0.4) is 0 Å². The average molecular weight is 920 g/mol. The van der Waals surface area contributed by atoms with Crippen molar-refractivity contribution in [2.75, 3.05) is 19.8 Å². The molecule has 0 aromatic carbocycles. The first-order valence-corrected chi connectivity index (χ1v) is 28.1. The Labute approximate surface area is 409 Å². The molecule has 0 amide bonds. The van der Waals surface area contributed by atoms with Gasteiger partial charge in [0.1, 0.15) is 6.61 Å². The number of hydrogen-bond donors (Lipinski definition) is 0. The van der Waals surface area contributed by atoms with Crippen LogP contribution in [0, 0.1) is 0 Å². The summed E-state index contributed by atoms with van der Waals surface area (Å²) in [7, 11) is 0. The molecule has 0 spiro atoms. The highest BCUT2D eigenvalue weighted by Crippen LogP contribution is 2.15. The third kappa shape index (κ3) is 53.7. The fourth-order valence-corrected chi connectivity index (χ4v) is 7.70. The lowest BCUT2D eigenvalue weighted by Gasteiger charge is -2.18. The highest BCUT2D eigenvalue weighted by Gasteiger charge is 2.17. The Morgan fingerprint density at radius 3 is 1.11 bits per heavy atom. The van der Waals surface area contributed by atoms with Crippen molar-refractivity contribution in [1.82, 2.24) is 0 Å². The molecule has 0 N–H and O–H groups in total. The number of ether oxygens (including phenoxy) is 3. The van der Waals surface area contributed by atoms with Gasteiger partial charge in [0.15, 0.2) is 6.10 Å². The van der Waals surface area contributed by atoms with E-state index in [-0.39, 0.29) is 25.2 Å². The van der Waals surface area contributed by atoms with E-state index in [0.717, 1.165) is 70.6 Å². The van der Waals surface area contributed by atoms with Crippen molar-refractivity contribution in [2.24, 2.45) is 0 Å². The molecule has 0 fully saturated rings. The lowest BCUT2D eigenvalue weighted by molar-refractivity contribution is -0.162. The van der Waals surface area contributed by atoms with Gasteiger partial charge in [-0.25, -0.2) is 0 Å². The van der Waals surface area contributed by atoms with Gasteiger partial charge in [-0.05, 0) is 89.9 Å². The van der Waals surface area contributed by atoms with E-state index in [2.05, 4.69) is 99.8 Å². The molecule has 0 aliphatic heterocycles. The summed E-state index contributed by atoms with van der Waals surface area (Å²) in [4.78, 5) is 25.4. The lowest BCUT2D eigenvalue weighted by atomic mass is 10.0. The molecule has 0 aliphatic carbocycles. The zero-order chi connectivity index (χ0) is 47.7. The number of allylic oxidation sites excluding steroid dienone is 14. The van der Waals surface area contributed by atoms with Crippen molar-refractivity contribution in [2.45, 2.75) is 271 Å². The second kappa shape index (κ2) is 56.4. The predicted octanol–water partition coefficient (Wildman–Crippen LogP) is 19.2. The number of carbonyl (C=O) groups is 2. The van der Waals surface area contributed by atoms with Crippen LogP contribution in [0.1, 0.15) is 265 Å². The molecule has 5 nitrogen and oxygen atoms in total. The standard InChI is InChI=1S/C61H106O5/c1-4-7-10-13-16-19-22-25-28-30-31-32-34-37-40-43-46-49-52-55-61(63)66-59(57-64-56-53-50-47-44-41-38-35-29-26-23-20-17-14-11-8-5-2)58-65-60(62)54-51-48-45-42-39-36-33-27-24-21-18-15-12-9-6-3/h16,18-19,21,25,27-28,31-33,37,40,46,49,59H,4-15,17,20,22-24,26,29-30,34-36,38-39,41-45,47-48,50-58H2,1-3H3/b19-16-,21-18-,28-25-,32-31-,33-27-,40-37-,49-46-/t59-/m1/s1. The molecule has 0 aliphatic rings. The first kappa shape index (κ1) is 63.1. The van der Waals surface area contributed by atoms with Crippen LogP contribution in [0.15, 0.2) is 85.1 Å². The summed E-state index contributed by atoms with van der Waals surface area (Å²) in [5, 5.41) is 0. The molecular weight excluding hydrogens is 813 g/mol. The van der Waals surface area contributed by atoms with Crippen LogP contribution < -0.4 is 0 Å². The fraction of sp³-hybridized carbons (Fsp3) is 0.738. The van der Waals surface area contributed by atoms with E-state index in [1.165, 1.54) is 154 Å². The van der Waals surface area contributed by atoms with Crippen LogP contribution in [0.25, 0.3) is 0 Å². The Balaban J connectivity index is 4.41. The van der Waals surface area contributed by atoms with E-state index in [1.807, 2.05) is 6.08 Å². The third-order valence-corrected chi connectivity index (χ3v) is 11.9. The Morgan fingerprint density at radius 1 is 0.333 bits per heavy atom. The monoisotopic (exact) mass is 919 g/mol. The average Bonchev–Trinajstić information content (AvgIpc) is 3.32. The minimum atomic E-state index is -0.584. The molecule has 0 rings (SSSR count). The molecule has 0 radical (unpaired) electrons. The Bertz CT molecular complexity index is 1220. The van der Waals surface area contributed by atoms with E-state index < -0.39 is 6.10 Å². The van der Waals surface area contributed by atoms with Crippen molar-refractivity contribution in [3.05, 3.63) is 85.1 Å². The van der Waals surface area contributed by atoms with Gasteiger partial charge in [0.05, 0.1) is 6.61 Å². The van der Waals surface area contributed by atoms with Gasteiger partial charge >= 0.3 is 11.9 Å². The number of unbranched alkanes of at least 4 members (excludes halogenated alkanes) is 26. The first-order chi connectivity index (χ1) is 32.6. The van der Waals surface area contributed by atoms with E-state index in [0.29, 0.717) is 25.9 Å². The zero-order valence-corrected chi connectivity index (χ0v) is 43.7. The number of esters is 2. The van der Waals surface area contributed by atoms with Crippen LogP contribution in [0.2, 0.25) is 0 Å². The molecule has 380 valence electrons. The molecular formula is C61H106O5. The topological polar surface area (TPSA) is 61.8 Å². The van der Waals surface area contributed by atoms with Gasteiger partial charge in [0, 0.05) is 19.4 Å². The zero-order valence-electron chi connectivity index (χ0n) is 43.7. The van der Waals surface area contributed by atoms with E-state index in [1.54, 1.807) is 0 Å². The summed E-state index contributed by atoms with van der Waals surface area (Å²) < 4.78 is 17.4. The molecule has 0 unspecified atom stereocenters. The van der Waals surface area contributed by atoms with E-state index >= 15 is 0 Å². The van der Waals surface area contributed by atoms with Crippen molar-refractivity contribution < 1.29 is 23.8 Å². The van der Waals surface area contributed by atoms with Crippen LogP contribution in [-0.4, -0.2) is 37.9 Å². The largest absolute Gasteiger partial charge is 0.462 e. The van der Waals surface area contributed by atoms with Crippen LogP contribution in [-0.2, 0) is 23.8 Å². The fourth-order valence-electron chi connectivity index (χ4n) is 7.70. The molecule has 0 aromatic heterocycles. The Hall–Kier alpha value is -2.92. The molecule has 5 heteroatoms. The second-order valence-corrected chi connectivity index (χ2v) is 18.5. The van der Waals surface area contributed by atoms with Gasteiger partial charge in [-0.3, -0.25) is 9.59 Å². The number of carbonyl (C=O) groups excluding carboxylic acids is 2. The minimum absolute atomic E-state index is 0.0473. The summed E-state index contributed by atoms with van der Waals surface area (Å²) >= 11 is 0. The summed E-state index contributed by atoms with van der Waals surface area (Å²) in [6.45, 7) is 7.71. The molecule has 0 bridgehead atoms. The van der Waals surface area contributed by atoms with E-state index in [9.17, 15) is 9.59 Å². The van der Waals surface area contributed by atoms with E-state index in [4.69, 9.17) is 14.2 Å². The summed E-state index contributed by atoms with van der Waals surface area (Å²) in [5.74, 6) is -0.502. The molecule has 1 atom stereocenters. The van der Waals surface area contributed by atoms with Crippen molar-refractivity contribution in [1.29, 1.82) is 0 Å². The van der Waals surface area contributed by atoms with Gasteiger partial charge in [0.25, 0.3) is 0 Å². The molecule has 0 saturated carbocycles. The predicted molar refractivity (Wildman–Crippen MR) is 288 cm³/mol. The maximum atomic E-state index is 12.8. The molecule has 0 aromatic rings. The van der Waals surface area contributed by atoms with Crippen LogP contribution in [0.5, 0.6) is 0 Å². The van der Waals surface area contributed by atoms with Crippen LogP contribution in [0.4, 0.5) is 0 Å². The normalized spacial score (nSPS) is 12.8. The SMILES string of the molecule is CCCCC/C=C\C/C=C\C/C=C\C/C=C\C/C=C\CCC(=O)O[C@H](COCCCCCCCCCCCCCCCCCC)COC(=O)CCCCCCC/C=C\C/C=C\CCCCC.